The van der Waals surface area contributed by atoms with Gasteiger partial charge in [0.05, 0.1) is 18.2 Å². The molecule has 1 N–H and O–H groups in total. The molecule has 0 aliphatic rings. The molecule has 0 aliphatic heterocycles. The van der Waals surface area contributed by atoms with Gasteiger partial charge in [0.15, 0.2) is 11.5 Å². The van der Waals surface area contributed by atoms with Crippen molar-refractivity contribution in [1.29, 1.82) is 0 Å². The number of hydrazone groups is 1. The maximum absolute atomic E-state index is 12.4. The maximum atomic E-state index is 12.4. The highest BCUT2D eigenvalue weighted by Crippen LogP contribution is 2.38. The van der Waals surface area contributed by atoms with Crippen LogP contribution in [0.2, 0.25) is 0 Å². The van der Waals surface area contributed by atoms with Crippen LogP contribution in [0.4, 0.5) is 5.69 Å². The average molecular weight is 547 g/mol. The van der Waals surface area contributed by atoms with Gasteiger partial charge in [-0.25, -0.2) is 5.43 Å². The molecule has 0 unspecified atom stereocenters. The molecular weight excluding hydrogens is 520 g/mol. The molecule has 4 rings (SSSR count). The molecule has 2 heterocycles. The molecule has 2 aromatic carbocycles. The van der Waals surface area contributed by atoms with E-state index in [1.165, 1.54) is 25.5 Å². The van der Waals surface area contributed by atoms with Crippen LogP contribution in [0.15, 0.2) is 70.2 Å². The first kappa shape index (κ1) is 27.6. The lowest BCUT2D eigenvalue weighted by atomic mass is 10.2. The summed E-state index contributed by atoms with van der Waals surface area (Å²) in [6.45, 7) is 5.31. The van der Waals surface area contributed by atoms with E-state index in [1.54, 1.807) is 6.07 Å². The summed E-state index contributed by atoms with van der Waals surface area (Å²) in [5.74, 6) is -0.680. The van der Waals surface area contributed by atoms with Crippen molar-refractivity contribution in [2.75, 3.05) is 7.11 Å². The van der Waals surface area contributed by atoms with Crippen LogP contribution in [-0.4, -0.2) is 34.7 Å². The number of furan rings is 1. The minimum absolute atomic E-state index is 0.00146. The molecule has 0 saturated carbocycles. The highest BCUT2D eigenvalue weighted by atomic mass is 16.6. The van der Waals surface area contributed by atoms with E-state index in [9.17, 15) is 19.7 Å². The molecule has 4 aromatic rings. The summed E-state index contributed by atoms with van der Waals surface area (Å²) in [4.78, 5) is 34.5. The smallest absolute Gasteiger partial charge is 0.316 e. The molecule has 0 aliphatic carbocycles. The van der Waals surface area contributed by atoms with Crippen LogP contribution in [0.5, 0.6) is 17.2 Å². The Morgan fingerprint density at radius 3 is 2.40 bits per heavy atom. The minimum Gasteiger partial charge on any atom is -0.493 e. The number of carbonyl (C=O) groups excluding carboxylic acids is 2. The van der Waals surface area contributed by atoms with Gasteiger partial charge in [0, 0.05) is 35.6 Å². The van der Waals surface area contributed by atoms with E-state index in [0.717, 1.165) is 30.1 Å². The lowest BCUT2D eigenvalue weighted by Gasteiger charge is -2.10. The summed E-state index contributed by atoms with van der Waals surface area (Å²) in [6, 6.07) is 17.3. The van der Waals surface area contributed by atoms with Crippen LogP contribution in [0, 0.1) is 24.0 Å². The predicted molar refractivity (Wildman–Crippen MR) is 144 cm³/mol. The highest BCUT2D eigenvalue weighted by molar-refractivity contribution is 5.92. The van der Waals surface area contributed by atoms with Crippen LogP contribution in [-0.2, 0) is 11.4 Å². The van der Waals surface area contributed by atoms with Gasteiger partial charge in [-0.15, -0.1) is 0 Å². The zero-order valence-electron chi connectivity index (χ0n) is 22.2. The molecule has 2 aromatic heterocycles. The molecule has 12 heteroatoms. The monoisotopic (exact) mass is 546 g/mol. The minimum atomic E-state index is -0.741. The third-order valence-corrected chi connectivity index (χ3v) is 5.73. The molecular formula is C28H26N4O8. The summed E-state index contributed by atoms with van der Waals surface area (Å²) in [5, 5.41) is 15.3. The number of nitro benzene ring substituents is 1. The topological polar surface area (TPSA) is 147 Å². The first-order valence-corrected chi connectivity index (χ1v) is 12.0. The van der Waals surface area contributed by atoms with Crippen LogP contribution in [0.25, 0.3) is 5.69 Å². The summed E-state index contributed by atoms with van der Waals surface area (Å²) in [7, 11) is 1.27. The number of hydrogen-bond acceptors (Lipinski definition) is 9. The summed E-state index contributed by atoms with van der Waals surface area (Å²) in [5.41, 5.74) is 5.31. The molecule has 12 nitrogen and oxygen atoms in total. The van der Waals surface area contributed by atoms with Gasteiger partial charge in [-0.1, -0.05) is 0 Å². The standard InChI is InChI=1S/C28H26N4O8/c1-17-5-6-18(2)31(17)21-7-9-22(10-8-21)38-16-23-11-12-25(40-23)28(34)30-29-15-20-13-24(32(35)36)27(39-19(3)33)26(14-20)37-4/h5-15H,16H2,1-4H3,(H,30,34)/b29-15+. The molecule has 1 amide bonds. The largest absolute Gasteiger partial charge is 0.493 e. The van der Waals surface area contributed by atoms with Gasteiger partial charge in [0.2, 0.25) is 5.75 Å². The van der Waals surface area contributed by atoms with E-state index in [4.69, 9.17) is 18.6 Å². The fraction of sp³-hybridized carbons (Fsp3) is 0.179. The lowest BCUT2D eigenvalue weighted by Crippen LogP contribution is -2.16. The van der Waals surface area contributed by atoms with Crippen LogP contribution >= 0.6 is 0 Å². The molecule has 0 radical (unpaired) electrons. The second kappa shape index (κ2) is 12.0. The van der Waals surface area contributed by atoms with E-state index in [0.29, 0.717) is 11.5 Å². The van der Waals surface area contributed by atoms with Gasteiger partial charge in [-0.3, -0.25) is 19.7 Å². The Kier molecular flexibility index (Phi) is 8.28. The molecule has 0 spiro atoms. The van der Waals surface area contributed by atoms with E-state index in [1.807, 2.05) is 38.1 Å². The zero-order valence-corrected chi connectivity index (χ0v) is 22.2. The second-order valence-electron chi connectivity index (χ2n) is 8.62. The second-order valence-corrected chi connectivity index (χ2v) is 8.62. The van der Waals surface area contributed by atoms with E-state index in [2.05, 4.69) is 27.2 Å². The van der Waals surface area contributed by atoms with Crippen LogP contribution in [0.3, 0.4) is 0 Å². The zero-order chi connectivity index (χ0) is 28.8. The SMILES string of the molecule is COc1cc(/C=N/NC(=O)c2ccc(COc3ccc(-n4c(C)ccc4C)cc3)o2)cc([N+](=O)[O-])c1OC(C)=O. The number of nitro groups is 1. The van der Waals surface area contributed by atoms with Gasteiger partial charge in [-0.2, -0.15) is 5.10 Å². The normalized spacial score (nSPS) is 10.9. The van der Waals surface area contributed by atoms with Gasteiger partial charge < -0.3 is 23.2 Å². The number of carbonyl (C=O) groups is 2. The number of aromatic nitrogens is 1. The fourth-order valence-electron chi connectivity index (χ4n) is 3.94. The van der Waals surface area contributed by atoms with Crippen molar-refractivity contribution in [3.8, 4) is 22.9 Å². The number of benzene rings is 2. The molecule has 40 heavy (non-hydrogen) atoms. The molecule has 0 atom stereocenters. The van der Waals surface area contributed by atoms with Gasteiger partial charge in [0.25, 0.3) is 0 Å². The Hall–Kier alpha value is -5.39. The summed E-state index contributed by atoms with van der Waals surface area (Å²) in [6.07, 6.45) is 1.18. The van der Waals surface area contributed by atoms with Gasteiger partial charge in [0.1, 0.15) is 18.1 Å². The van der Waals surface area contributed by atoms with E-state index < -0.39 is 22.5 Å². The third-order valence-electron chi connectivity index (χ3n) is 5.73. The Bertz CT molecular complexity index is 1560. The Labute approximate surface area is 228 Å². The number of ether oxygens (including phenoxy) is 3. The van der Waals surface area contributed by atoms with Crippen molar-refractivity contribution < 1.29 is 33.1 Å². The number of hydrogen-bond donors (Lipinski definition) is 1. The van der Waals surface area contributed by atoms with Crippen molar-refractivity contribution >= 4 is 23.8 Å². The van der Waals surface area contributed by atoms with E-state index >= 15 is 0 Å². The number of methoxy groups -OCH3 is 1. The predicted octanol–water partition coefficient (Wildman–Crippen LogP) is 4.87. The van der Waals surface area contributed by atoms with Crippen molar-refractivity contribution in [2.24, 2.45) is 5.10 Å². The Morgan fingerprint density at radius 1 is 1.07 bits per heavy atom. The maximum Gasteiger partial charge on any atom is 0.316 e. The summed E-state index contributed by atoms with van der Waals surface area (Å²) >= 11 is 0. The number of esters is 1. The van der Waals surface area contributed by atoms with Gasteiger partial charge in [-0.05, 0) is 68.4 Å². The molecule has 0 fully saturated rings. The quantitative estimate of drug-likeness (QED) is 0.0974. The first-order valence-electron chi connectivity index (χ1n) is 12.0. The van der Waals surface area contributed by atoms with Crippen molar-refractivity contribution in [1.82, 2.24) is 9.99 Å². The summed E-state index contributed by atoms with van der Waals surface area (Å²) < 4.78 is 23.5. The number of nitrogens with zero attached hydrogens (tertiary/aromatic N) is 3. The molecule has 0 bridgehead atoms. The van der Waals surface area contributed by atoms with Crippen LogP contribution in [0.1, 0.15) is 40.2 Å². The lowest BCUT2D eigenvalue weighted by molar-refractivity contribution is -0.385. The Balaban J connectivity index is 1.36. The first-order chi connectivity index (χ1) is 19.2. The number of aryl methyl sites for hydroxylation is 2. The number of rotatable bonds is 10. The average Bonchev–Trinajstić information content (AvgIpc) is 3.54. The fourth-order valence-corrected chi connectivity index (χ4v) is 3.94. The molecule has 206 valence electrons. The molecule has 0 saturated heterocycles. The number of amides is 1. The van der Waals surface area contributed by atoms with Gasteiger partial charge >= 0.3 is 17.6 Å². The highest BCUT2D eigenvalue weighted by Gasteiger charge is 2.23. The third kappa shape index (κ3) is 6.35. The van der Waals surface area contributed by atoms with Crippen molar-refractivity contribution in [2.45, 2.75) is 27.4 Å². The number of nitrogens with one attached hydrogen (secondary N) is 1. The van der Waals surface area contributed by atoms with Crippen molar-refractivity contribution in [3.05, 3.63) is 99.2 Å². The Morgan fingerprint density at radius 2 is 1.77 bits per heavy atom. The van der Waals surface area contributed by atoms with E-state index in [-0.39, 0.29) is 29.4 Å². The van der Waals surface area contributed by atoms with Crippen LogP contribution < -0.4 is 19.6 Å². The van der Waals surface area contributed by atoms with Crippen molar-refractivity contribution in [3.63, 3.8) is 0 Å².